The summed E-state index contributed by atoms with van der Waals surface area (Å²) in [6.45, 7) is 4.18. The number of nitrogens with zero attached hydrogens (tertiary/aromatic N) is 1. The maximum absolute atomic E-state index is 12.3. The molecular weight excluding hydrogens is 310 g/mol. The molecule has 134 valence electrons. The van der Waals surface area contributed by atoms with E-state index >= 15 is 0 Å². The summed E-state index contributed by atoms with van der Waals surface area (Å²) in [6.07, 6.45) is 0.212. The molecule has 0 bridgehead atoms. The Kier molecular flexibility index (Phi) is 8.86. The van der Waals surface area contributed by atoms with Crippen molar-refractivity contribution in [3.8, 4) is 5.75 Å². The summed E-state index contributed by atoms with van der Waals surface area (Å²) in [5, 5.41) is 9.57. The van der Waals surface area contributed by atoms with Crippen molar-refractivity contribution in [3.05, 3.63) is 30.3 Å². The normalized spacial score (nSPS) is 13.0. The monoisotopic (exact) mass is 337 g/mol. The second kappa shape index (κ2) is 10.6. The van der Waals surface area contributed by atoms with Crippen LogP contribution in [0.3, 0.4) is 0 Å². The predicted octanol–water partition coefficient (Wildman–Crippen LogP) is 1.86. The Morgan fingerprint density at radius 2 is 1.83 bits per heavy atom. The van der Waals surface area contributed by atoms with Crippen molar-refractivity contribution in [3.63, 3.8) is 0 Å². The van der Waals surface area contributed by atoms with E-state index in [4.69, 9.17) is 4.74 Å². The topological polar surface area (TPSA) is 76.1 Å². The lowest BCUT2D eigenvalue weighted by Crippen LogP contribution is -2.41. The van der Waals surface area contributed by atoms with Crippen LogP contribution in [0.5, 0.6) is 5.75 Å². The van der Waals surface area contributed by atoms with Gasteiger partial charge in [0.25, 0.3) is 0 Å². The second-order valence-corrected chi connectivity index (χ2v) is 5.84. The molecule has 6 heteroatoms. The lowest BCUT2D eigenvalue weighted by molar-refractivity contribution is -0.146. The van der Waals surface area contributed by atoms with Crippen LogP contribution >= 0.6 is 0 Å². The number of carbonyl (C=O) groups is 2. The highest BCUT2D eigenvalue weighted by Gasteiger charge is 2.22. The third-order valence-electron chi connectivity index (χ3n) is 3.48. The van der Waals surface area contributed by atoms with Gasteiger partial charge < -0.3 is 19.5 Å². The van der Waals surface area contributed by atoms with Crippen molar-refractivity contribution in [1.82, 2.24) is 4.90 Å². The summed E-state index contributed by atoms with van der Waals surface area (Å²) in [5.74, 6) is -0.141. The van der Waals surface area contributed by atoms with Crippen LogP contribution in [0.15, 0.2) is 30.3 Å². The lowest BCUT2D eigenvalue weighted by Gasteiger charge is -2.26. The number of para-hydroxylation sites is 1. The first kappa shape index (κ1) is 20.0. The molecule has 6 nitrogen and oxygen atoms in total. The van der Waals surface area contributed by atoms with Crippen LogP contribution in [0.1, 0.15) is 26.7 Å². The van der Waals surface area contributed by atoms with Crippen molar-refractivity contribution in [2.75, 3.05) is 26.8 Å². The Labute approximate surface area is 143 Å². The van der Waals surface area contributed by atoms with E-state index in [1.54, 1.807) is 13.8 Å². The highest BCUT2D eigenvalue weighted by atomic mass is 16.5. The lowest BCUT2D eigenvalue weighted by atomic mass is 10.1. The number of carbonyl (C=O) groups excluding carboxylic acids is 2. The van der Waals surface area contributed by atoms with Gasteiger partial charge in [-0.2, -0.15) is 0 Å². The van der Waals surface area contributed by atoms with Crippen molar-refractivity contribution in [1.29, 1.82) is 0 Å². The van der Waals surface area contributed by atoms with E-state index in [0.29, 0.717) is 19.4 Å². The zero-order valence-electron chi connectivity index (χ0n) is 14.6. The summed E-state index contributed by atoms with van der Waals surface area (Å²) >= 11 is 0. The molecule has 24 heavy (non-hydrogen) atoms. The third-order valence-corrected chi connectivity index (χ3v) is 3.48. The van der Waals surface area contributed by atoms with Gasteiger partial charge in [0.15, 0.2) is 0 Å². The largest absolute Gasteiger partial charge is 0.494 e. The van der Waals surface area contributed by atoms with Crippen LogP contribution in [0.4, 0.5) is 0 Å². The number of hydrogen-bond acceptors (Lipinski definition) is 5. The first-order chi connectivity index (χ1) is 11.4. The van der Waals surface area contributed by atoms with Gasteiger partial charge >= 0.3 is 5.97 Å². The van der Waals surface area contributed by atoms with Gasteiger partial charge in [0, 0.05) is 19.5 Å². The van der Waals surface area contributed by atoms with E-state index in [1.165, 1.54) is 12.0 Å². The molecule has 0 aromatic heterocycles. The van der Waals surface area contributed by atoms with Gasteiger partial charge in [0.2, 0.25) is 5.91 Å². The fraction of sp³-hybridized carbons (Fsp3) is 0.556. The summed E-state index contributed by atoms with van der Waals surface area (Å²) in [7, 11) is 1.32. The molecule has 0 saturated heterocycles. The molecule has 1 aromatic rings. The highest BCUT2D eigenvalue weighted by molar-refractivity contribution is 5.78. The maximum Gasteiger partial charge on any atom is 0.310 e. The summed E-state index contributed by atoms with van der Waals surface area (Å²) in [4.78, 5) is 25.4. The smallest absolute Gasteiger partial charge is 0.310 e. The first-order valence-corrected chi connectivity index (χ1v) is 8.15. The molecule has 0 fully saturated rings. The molecule has 1 N–H and O–H groups in total. The molecule has 1 amide bonds. The number of aliphatic hydroxyl groups excluding tert-OH is 1. The minimum absolute atomic E-state index is 0.108. The number of ether oxygens (including phenoxy) is 2. The average Bonchev–Trinajstić information content (AvgIpc) is 2.57. The van der Waals surface area contributed by atoms with E-state index < -0.39 is 12.0 Å². The van der Waals surface area contributed by atoms with Crippen LogP contribution in [-0.4, -0.2) is 54.8 Å². The van der Waals surface area contributed by atoms with Gasteiger partial charge in [-0.15, -0.1) is 0 Å². The highest BCUT2D eigenvalue weighted by Crippen LogP contribution is 2.10. The van der Waals surface area contributed by atoms with Crippen molar-refractivity contribution < 1.29 is 24.2 Å². The Morgan fingerprint density at radius 1 is 1.17 bits per heavy atom. The van der Waals surface area contributed by atoms with E-state index in [1.807, 2.05) is 30.3 Å². The quantitative estimate of drug-likeness (QED) is 0.521. The number of rotatable bonds is 10. The Balaban J connectivity index is 2.44. The Bertz CT molecular complexity index is 503. The third kappa shape index (κ3) is 7.46. The molecule has 1 aromatic carbocycles. The average molecular weight is 337 g/mol. The van der Waals surface area contributed by atoms with Crippen molar-refractivity contribution in [2.24, 2.45) is 5.92 Å². The maximum atomic E-state index is 12.3. The minimum Gasteiger partial charge on any atom is -0.494 e. The molecule has 0 spiro atoms. The minimum atomic E-state index is -0.653. The number of benzene rings is 1. The summed E-state index contributed by atoms with van der Waals surface area (Å²) < 4.78 is 10.2. The predicted molar refractivity (Wildman–Crippen MR) is 90.6 cm³/mol. The van der Waals surface area contributed by atoms with Crippen LogP contribution in [0, 0.1) is 5.92 Å². The Hall–Kier alpha value is -2.08. The van der Waals surface area contributed by atoms with E-state index in [0.717, 1.165) is 5.75 Å². The number of hydrogen-bond donors (Lipinski definition) is 1. The van der Waals surface area contributed by atoms with E-state index in [2.05, 4.69) is 4.74 Å². The second-order valence-electron chi connectivity index (χ2n) is 5.84. The van der Waals surface area contributed by atoms with E-state index in [-0.39, 0.29) is 25.0 Å². The van der Waals surface area contributed by atoms with Crippen LogP contribution in [0.25, 0.3) is 0 Å². The summed E-state index contributed by atoms with van der Waals surface area (Å²) in [5.41, 5.74) is 0. The SMILES string of the molecule is COC(=O)C(C)CN(CC(C)O)C(=O)CCCOc1ccccc1. The number of amides is 1. The Morgan fingerprint density at radius 3 is 2.42 bits per heavy atom. The molecule has 0 saturated carbocycles. The van der Waals surface area contributed by atoms with Gasteiger partial charge in [-0.25, -0.2) is 0 Å². The van der Waals surface area contributed by atoms with Crippen LogP contribution < -0.4 is 4.74 Å². The number of esters is 1. The molecule has 2 atom stereocenters. The molecule has 0 aliphatic carbocycles. The van der Waals surface area contributed by atoms with E-state index in [9.17, 15) is 14.7 Å². The van der Waals surface area contributed by atoms with Crippen molar-refractivity contribution in [2.45, 2.75) is 32.8 Å². The fourth-order valence-electron chi connectivity index (χ4n) is 2.29. The van der Waals surface area contributed by atoms with Gasteiger partial charge in [0.05, 0.1) is 25.7 Å². The molecule has 0 heterocycles. The van der Waals surface area contributed by atoms with Crippen LogP contribution in [0.2, 0.25) is 0 Å². The van der Waals surface area contributed by atoms with Gasteiger partial charge in [-0.3, -0.25) is 9.59 Å². The molecule has 0 aliphatic heterocycles. The molecule has 1 rings (SSSR count). The zero-order valence-corrected chi connectivity index (χ0v) is 14.6. The molecule has 0 radical (unpaired) electrons. The van der Waals surface area contributed by atoms with Crippen molar-refractivity contribution >= 4 is 11.9 Å². The fourth-order valence-corrected chi connectivity index (χ4v) is 2.29. The van der Waals surface area contributed by atoms with Gasteiger partial charge in [-0.05, 0) is 25.5 Å². The first-order valence-electron chi connectivity index (χ1n) is 8.15. The van der Waals surface area contributed by atoms with Gasteiger partial charge in [0.1, 0.15) is 5.75 Å². The molecule has 2 unspecified atom stereocenters. The zero-order chi connectivity index (χ0) is 17.9. The number of aliphatic hydroxyl groups is 1. The molecule has 0 aliphatic rings. The number of methoxy groups -OCH3 is 1. The molecular formula is C18H27NO5. The summed E-state index contributed by atoms with van der Waals surface area (Å²) in [6, 6.07) is 9.41. The van der Waals surface area contributed by atoms with Gasteiger partial charge in [-0.1, -0.05) is 25.1 Å². The van der Waals surface area contributed by atoms with Crippen LogP contribution in [-0.2, 0) is 14.3 Å². The standard InChI is InChI=1S/C18H27NO5/c1-14(18(22)23-3)12-19(13-15(2)20)17(21)10-7-11-24-16-8-5-4-6-9-16/h4-6,8-9,14-15,20H,7,10-13H2,1-3H3.